The Morgan fingerprint density at radius 2 is 1.55 bits per heavy atom. The molecule has 6 nitrogen and oxygen atoms in total. The van der Waals surface area contributed by atoms with Crippen molar-refractivity contribution in [1.29, 1.82) is 0 Å². The second kappa shape index (κ2) is 8.53. The van der Waals surface area contributed by atoms with Crippen molar-refractivity contribution in [1.82, 2.24) is 14.5 Å². The number of fused-ring (bicyclic) bond motifs is 3. The second-order valence-electron chi connectivity index (χ2n) is 11.2. The number of piperidine rings is 2. The smallest absolute Gasteiger partial charge is 0.360 e. The van der Waals surface area contributed by atoms with Crippen LogP contribution in [0.15, 0.2) is 29.1 Å². The van der Waals surface area contributed by atoms with E-state index in [1.807, 2.05) is 24.3 Å². The molecular weight excluding hydrogens is 414 g/mol. The molecule has 0 radical (unpaired) electrons. The fourth-order valence-corrected chi connectivity index (χ4v) is 7.46. The van der Waals surface area contributed by atoms with Gasteiger partial charge in [-0.2, -0.15) is 0 Å². The van der Waals surface area contributed by atoms with Crippen LogP contribution in [0.4, 0.5) is 0 Å². The highest BCUT2D eigenvalue weighted by Crippen LogP contribution is 2.48. The van der Waals surface area contributed by atoms with E-state index in [9.17, 15) is 14.7 Å². The molecule has 2 bridgehead atoms. The molecule has 1 aliphatic carbocycles. The molecule has 0 amide bonds. The Balaban J connectivity index is 1.58. The van der Waals surface area contributed by atoms with Crippen LogP contribution in [0.25, 0.3) is 11.0 Å². The predicted molar refractivity (Wildman–Crippen MR) is 130 cm³/mol. The van der Waals surface area contributed by atoms with Crippen molar-refractivity contribution in [2.45, 2.75) is 114 Å². The van der Waals surface area contributed by atoms with E-state index in [2.05, 4.69) is 23.7 Å². The van der Waals surface area contributed by atoms with Crippen LogP contribution in [0.5, 0.6) is 0 Å². The monoisotopic (exact) mass is 451 g/mol. The summed E-state index contributed by atoms with van der Waals surface area (Å²) in [6.45, 7) is 4.67. The lowest BCUT2D eigenvalue weighted by Crippen LogP contribution is -2.65. The zero-order valence-electron chi connectivity index (χ0n) is 20.1. The first-order chi connectivity index (χ1) is 15.8. The van der Waals surface area contributed by atoms with Crippen molar-refractivity contribution in [3.63, 3.8) is 0 Å². The van der Waals surface area contributed by atoms with Crippen LogP contribution in [-0.4, -0.2) is 43.1 Å². The van der Waals surface area contributed by atoms with Crippen LogP contribution in [0.2, 0.25) is 0 Å². The van der Waals surface area contributed by atoms with Gasteiger partial charge in [-0.3, -0.25) is 14.3 Å². The van der Waals surface area contributed by atoms with Crippen LogP contribution >= 0.6 is 0 Å². The van der Waals surface area contributed by atoms with E-state index < -0.39 is 17.1 Å². The standard InChI is InChI=1S/C27H37N3O3/c1-26(15-8-4-3-5-9-16-26)29-19-11-10-12-20(29)18-27(2,17-19)30-22-14-7-6-13-21(22)28-23(24(30)31)25(32)33/h6-7,13-14,19-20H,3-5,8-12,15-18H2,1-2H3,(H,32,33)/t19-,20+,27+. The molecule has 0 unspecified atom stereocenters. The average Bonchev–Trinajstić information content (AvgIpc) is 2.75. The van der Waals surface area contributed by atoms with Gasteiger partial charge >= 0.3 is 5.97 Å². The molecule has 2 aromatic rings. The Morgan fingerprint density at radius 3 is 2.18 bits per heavy atom. The molecule has 5 rings (SSSR count). The van der Waals surface area contributed by atoms with E-state index in [0.29, 0.717) is 17.6 Å². The Bertz CT molecular complexity index is 1090. The predicted octanol–water partition coefficient (Wildman–Crippen LogP) is 5.33. The molecule has 3 atom stereocenters. The number of rotatable bonds is 3. The lowest BCUT2D eigenvalue weighted by molar-refractivity contribution is -0.0905. The van der Waals surface area contributed by atoms with Crippen molar-refractivity contribution in [2.75, 3.05) is 0 Å². The maximum Gasteiger partial charge on any atom is 0.360 e. The van der Waals surface area contributed by atoms with Crippen molar-refractivity contribution >= 4 is 17.0 Å². The van der Waals surface area contributed by atoms with Gasteiger partial charge in [0.2, 0.25) is 5.69 Å². The van der Waals surface area contributed by atoms with Crippen LogP contribution < -0.4 is 5.56 Å². The number of carboxylic acids is 1. The molecule has 6 heteroatoms. The number of hydrogen-bond acceptors (Lipinski definition) is 4. The number of carboxylic acid groups (broad SMARTS) is 1. The summed E-state index contributed by atoms with van der Waals surface area (Å²) in [5.74, 6) is -1.25. The van der Waals surface area contributed by atoms with E-state index in [4.69, 9.17) is 0 Å². The summed E-state index contributed by atoms with van der Waals surface area (Å²) >= 11 is 0. The molecule has 33 heavy (non-hydrogen) atoms. The lowest BCUT2D eigenvalue weighted by Gasteiger charge is -2.60. The molecule has 0 spiro atoms. The summed E-state index contributed by atoms with van der Waals surface area (Å²) in [7, 11) is 0. The van der Waals surface area contributed by atoms with Gasteiger partial charge < -0.3 is 5.11 Å². The number of para-hydroxylation sites is 2. The quantitative estimate of drug-likeness (QED) is 0.683. The van der Waals surface area contributed by atoms with Crippen LogP contribution in [-0.2, 0) is 5.54 Å². The molecule has 3 aliphatic rings. The van der Waals surface area contributed by atoms with E-state index in [1.165, 1.54) is 51.4 Å². The fraction of sp³-hybridized carbons (Fsp3) is 0.667. The van der Waals surface area contributed by atoms with E-state index >= 15 is 0 Å². The summed E-state index contributed by atoms with van der Waals surface area (Å²) in [6.07, 6.45) is 14.5. The summed E-state index contributed by atoms with van der Waals surface area (Å²) < 4.78 is 1.79. The number of nitrogens with zero attached hydrogens (tertiary/aromatic N) is 3. The zero-order valence-corrected chi connectivity index (χ0v) is 20.1. The summed E-state index contributed by atoms with van der Waals surface area (Å²) in [4.78, 5) is 32.4. The first kappa shape index (κ1) is 22.6. The minimum Gasteiger partial charge on any atom is -0.476 e. The van der Waals surface area contributed by atoms with Crippen molar-refractivity contribution in [3.8, 4) is 0 Å². The Labute approximate surface area is 196 Å². The number of aromatic carboxylic acids is 1. The second-order valence-corrected chi connectivity index (χ2v) is 11.2. The topological polar surface area (TPSA) is 75.4 Å². The van der Waals surface area contributed by atoms with Gasteiger partial charge in [0.05, 0.1) is 11.0 Å². The molecule has 3 fully saturated rings. The molecule has 1 aromatic carbocycles. The Hall–Kier alpha value is -2.21. The first-order valence-electron chi connectivity index (χ1n) is 12.9. The summed E-state index contributed by atoms with van der Waals surface area (Å²) in [5, 5.41) is 9.70. The van der Waals surface area contributed by atoms with Crippen molar-refractivity contribution < 1.29 is 9.90 Å². The van der Waals surface area contributed by atoms with E-state index in [0.717, 1.165) is 31.2 Å². The van der Waals surface area contributed by atoms with Crippen LogP contribution in [0.3, 0.4) is 0 Å². The maximum absolute atomic E-state index is 13.5. The van der Waals surface area contributed by atoms with Crippen molar-refractivity contribution in [3.05, 3.63) is 40.3 Å². The first-order valence-corrected chi connectivity index (χ1v) is 12.9. The highest BCUT2D eigenvalue weighted by Gasteiger charge is 2.51. The normalized spacial score (nSPS) is 30.5. The number of carbonyl (C=O) groups is 1. The SMILES string of the molecule is CC1(N2[C@@H]3CCC[C@H]2C[C@@](C)(n2c(=O)c(C(=O)O)nc4ccccc42)C3)CCCCCCC1. The van der Waals surface area contributed by atoms with Gasteiger partial charge in [0, 0.05) is 23.2 Å². The lowest BCUT2D eigenvalue weighted by atomic mass is 9.70. The van der Waals surface area contributed by atoms with E-state index in [-0.39, 0.29) is 11.2 Å². The average molecular weight is 452 g/mol. The molecule has 178 valence electrons. The van der Waals surface area contributed by atoms with E-state index in [1.54, 1.807) is 4.57 Å². The fourth-order valence-electron chi connectivity index (χ4n) is 7.46. The Morgan fingerprint density at radius 1 is 0.939 bits per heavy atom. The van der Waals surface area contributed by atoms with Crippen LogP contribution in [0, 0.1) is 0 Å². The molecule has 3 heterocycles. The van der Waals surface area contributed by atoms with Gasteiger partial charge in [0.25, 0.3) is 5.56 Å². The summed E-state index contributed by atoms with van der Waals surface area (Å²) in [6, 6.07) is 8.35. The third-order valence-electron chi connectivity index (χ3n) is 8.77. The highest BCUT2D eigenvalue weighted by molar-refractivity contribution is 5.88. The molecule has 1 saturated carbocycles. The Kier molecular flexibility index (Phi) is 5.84. The largest absolute Gasteiger partial charge is 0.476 e. The minimum absolute atomic E-state index is 0.231. The molecule has 1 aromatic heterocycles. The number of aromatic nitrogens is 2. The maximum atomic E-state index is 13.5. The van der Waals surface area contributed by atoms with Gasteiger partial charge in [-0.05, 0) is 64.5 Å². The molecule has 1 N–H and O–H groups in total. The van der Waals surface area contributed by atoms with Crippen molar-refractivity contribution in [2.24, 2.45) is 0 Å². The van der Waals surface area contributed by atoms with Gasteiger partial charge in [-0.1, -0.05) is 50.7 Å². The van der Waals surface area contributed by atoms with Crippen LogP contribution in [0.1, 0.15) is 101 Å². The number of benzene rings is 1. The molecule has 2 aliphatic heterocycles. The minimum atomic E-state index is -1.25. The highest BCUT2D eigenvalue weighted by atomic mass is 16.4. The third-order valence-corrected chi connectivity index (χ3v) is 8.77. The molecule has 2 saturated heterocycles. The zero-order chi connectivity index (χ0) is 23.2. The van der Waals surface area contributed by atoms with Gasteiger partial charge in [-0.25, -0.2) is 9.78 Å². The summed E-state index contributed by atoms with van der Waals surface area (Å²) in [5.41, 5.74) is 0.305. The van der Waals surface area contributed by atoms with Gasteiger partial charge in [-0.15, -0.1) is 0 Å². The molecular formula is C27H37N3O3. The third kappa shape index (κ3) is 3.90. The van der Waals surface area contributed by atoms with Gasteiger partial charge in [0.15, 0.2) is 0 Å². The van der Waals surface area contributed by atoms with Gasteiger partial charge in [0.1, 0.15) is 0 Å². The number of hydrogen-bond donors (Lipinski definition) is 1.